The average Bonchev–Trinajstić information content (AvgIpc) is 2.35. The van der Waals surface area contributed by atoms with Crippen LogP contribution in [0.4, 0.5) is 0 Å². The molecular weight excluding hydrogens is 230 g/mol. The largest absolute Gasteiger partial charge is 0.468 e. The Morgan fingerprint density at radius 3 is 2.39 bits per heavy atom. The molecule has 0 rings (SSSR count). The number of hydrogen-bond donors (Lipinski definition) is 0. The molecule has 0 saturated carbocycles. The van der Waals surface area contributed by atoms with Crippen molar-refractivity contribution in [3.8, 4) is 0 Å². The van der Waals surface area contributed by atoms with Crippen LogP contribution in [-0.4, -0.2) is 37.9 Å². The second-order valence-electron chi connectivity index (χ2n) is 4.61. The summed E-state index contributed by atoms with van der Waals surface area (Å²) in [5.41, 5.74) is 0. The maximum atomic E-state index is 11.9. The predicted octanol–water partition coefficient (Wildman–Crippen LogP) is 2.39. The Morgan fingerprint density at radius 2 is 1.89 bits per heavy atom. The first-order valence-electron chi connectivity index (χ1n) is 6.49. The molecule has 4 heteroatoms. The monoisotopic (exact) mass is 255 g/mol. The van der Waals surface area contributed by atoms with Crippen molar-refractivity contribution in [3.63, 3.8) is 0 Å². The molecule has 0 aromatic carbocycles. The van der Waals surface area contributed by atoms with E-state index < -0.39 is 11.9 Å². The van der Waals surface area contributed by atoms with E-state index in [0.717, 1.165) is 25.7 Å². The number of rotatable bonds is 9. The van der Waals surface area contributed by atoms with Gasteiger partial charge in [-0.05, 0) is 12.5 Å². The molecule has 0 amide bonds. The smallest absolute Gasteiger partial charge is 0.316 e. The minimum absolute atomic E-state index is 0.174. The summed E-state index contributed by atoms with van der Waals surface area (Å²) in [6.07, 6.45) is 7.88. The zero-order chi connectivity index (χ0) is 14.0. The summed E-state index contributed by atoms with van der Waals surface area (Å²) in [5.74, 6) is -1.25. The van der Waals surface area contributed by atoms with Crippen molar-refractivity contribution in [3.05, 3.63) is 12.3 Å². The van der Waals surface area contributed by atoms with Crippen LogP contribution >= 0.6 is 0 Å². The molecule has 4 nitrogen and oxygen atoms in total. The molecule has 0 spiro atoms. The van der Waals surface area contributed by atoms with Crippen LogP contribution in [-0.2, 0) is 14.3 Å². The SMILES string of the molecule is CCCCCC[C@H](C(=O)/C=C/N(C)C)C(=O)OC. The summed E-state index contributed by atoms with van der Waals surface area (Å²) in [6, 6.07) is 0. The summed E-state index contributed by atoms with van der Waals surface area (Å²) in [7, 11) is 4.99. The van der Waals surface area contributed by atoms with Gasteiger partial charge in [0.25, 0.3) is 0 Å². The molecule has 0 aliphatic rings. The van der Waals surface area contributed by atoms with Crippen LogP contribution < -0.4 is 0 Å². The van der Waals surface area contributed by atoms with E-state index in [1.54, 1.807) is 11.1 Å². The van der Waals surface area contributed by atoms with Gasteiger partial charge >= 0.3 is 5.97 Å². The number of carbonyl (C=O) groups excluding carboxylic acids is 2. The van der Waals surface area contributed by atoms with Crippen LogP contribution in [0.3, 0.4) is 0 Å². The van der Waals surface area contributed by atoms with E-state index in [4.69, 9.17) is 4.74 Å². The van der Waals surface area contributed by atoms with Gasteiger partial charge in [0, 0.05) is 20.3 Å². The highest BCUT2D eigenvalue weighted by Gasteiger charge is 2.24. The number of esters is 1. The number of carbonyl (C=O) groups is 2. The molecule has 0 radical (unpaired) electrons. The van der Waals surface area contributed by atoms with Crippen LogP contribution in [0.5, 0.6) is 0 Å². The summed E-state index contributed by atoms with van der Waals surface area (Å²) in [6.45, 7) is 2.13. The maximum absolute atomic E-state index is 11.9. The fourth-order valence-electron chi connectivity index (χ4n) is 1.63. The molecule has 0 saturated heterocycles. The topological polar surface area (TPSA) is 46.6 Å². The Kier molecular flexibility index (Phi) is 8.97. The highest BCUT2D eigenvalue weighted by Crippen LogP contribution is 2.14. The third-order valence-corrected chi connectivity index (χ3v) is 2.71. The Hall–Kier alpha value is -1.32. The third kappa shape index (κ3) is 7.09. The highest BCUT2D eigenvalue weighted by atomic mass is 16.5. The van der Waals surface area contributed by atoms with Crippen molar-refractivity contribution in [2.24, 2.45) is 5.92 Å². The minimum atomic E-state index is -0.650. The number of nitrogens with zero attached hydrogens (tertiary/aromatic N) is 1. The quantitative estimate of drug-likeness (QED) is 0.275. The molecule has 104 valence electrons. The standard InChI is InChI=1S/C14H25NO3/c1-5-6-7-8-9-12(14(17)18-4)13(16)10-11-15(2)3/h10-12H,5-9H2,1-4H3/b11-10+/t12-/m1/s1. The van der Waals surface area contributed by atoms with E-state index in [2.05, 4.69) is 6.92 Å². The van der Waals surface area contributed by atoms with Crippen molar-refractivity contribution in [1.82, 2.24) is 4.90 Å². The van der Waals surface area contributed by atoms with Crippen LogP contribution in [0.25, 0.3) is 0 Å². The van der Waals surface area contributed by atoms with Gasteiger partial charge in [0.1, 0.15) is 5.92 Å². The second kappa shape index (κ2) is 9.68. The van der Waals surface area contributed by atoms with Crippen molar-refractivity contribution >= 4 is 11.8 Å². The summed E-state index contributed by atoms with van der Waals surface area (Å²) in [4.78, 5) is 25.2. The number of unbranched alkanes of at least 4 members (excludes halogenated alkanes) is 3. The summed E-state index contributed by atoms with van der Waals surface area (Å²) >= 11 is 0. The fourth-order valence-corrected chi connectivity index (χ4v) is 1.63. The van der Waals surface area contributed by atoms with Gasteiger partial charge in [-0.3, -0.25) is 9.59 Å². The van der Waals surface area contributed by atoms with E-state index in [1.165, 1.54) is 13.2 Å². The number of allylic oxidation sites excluding steroid dienone is 1. The van der Waals surface area contributed by atoms with Crippen molar-refractivity contribution in [2.75, 3.05) is 21.2 Å². The first kappa shape index (κ1) is 16.7. The molecule has 0 bridgehead atoms. The molecule has 1 atom stereocenters. The molecular formula is C14H25NO3. The molecule has 0 aliphatic heterocycles. The minimum Gasteiger partial charge on any atom is -0.468 e. The van der Waals surface area contributed by atoms with E-state index in [-0.39, 0.29) is 5.78 Å². The fraction of sp³-hybridized carbons (Fsp3) is 0.714. The number of methoxy groups -OCH3 is 1. The van der Waals surface area contributed by atoms with E-state index in [9.17, 15) is 9.59 Å². The molecule has 0 fully saturated rings. The predicted molar refractivity (Wildman–Crippen MR) is 72.1 cm³/mol. The normalized spacial score (nSPS) is 12.4. The Balaban J connectivity index is 4.39. The lowest BCUT2D eigenvalue weighted by molar-refractivity contribution is -0.148. The van der Waals surface area contributed by atoms with Gasteiger partial charge < -0.3 is 9.64 Å². The van der Waals surface area contributed by atoms with Crippen molar-refractivity contribution < 1.29 is 14.3 Å². The highest BCUT2D eigenvalue weighted by molar-refractivity contribution is 6.04. The van der Waals surface area contributed by atoms with Gasteiger partial charge in [0.05, 0.1) is 7.11 Å². The number of hydrogen-bond acceptors (Lipinski definition) is 4. The Labute approximate surface area is 110 Å². The summed E-state index contributed by atoms with van der Waals surface area (Å²) in [5, 5.41) is 0. The molecule has 0 aliphatic carbocycles. The van der Waals surface area contributed by atoms with Gasteiger partial charge in [-0.2, -0.15) is 0 Å². The molecule has 0 aromatic rings. The number of ketones is 1. The molecule has 18 heavy (non-hydrogen) atoms. The summed E-state index contributed by atoms with van der Waals surface area (Å²) < 4.78 is 4.69. The Bertz CT molecular complexity index is 285. The first-order chi connectivity index (χ1) is 8.52. The van der Waals surface area contributed by atoms with Gasteiger partial charge in [-0.1, -0.05) is 32.6 Å². The van der Waals surface area contributed by atoms with Crippen molar-refractivity contribution in [2.45, 2.75) is 39.0 Å². The molecule has 0 aromatic heterocycles. The van der Waals surface area contributed by atoms with Crippen molar-refractivity contribution in [1.29, 1.82) is 0 Å². The van der Waals surface area contributed by atoms with Gasteiger partial charge in [0.2, 0.25) is 0 Å². The van der Waals surface area contributed by atoms with Crippen LogP contribution in [0, 0.1) is 5.92 Å². The molecule has 0 unspecified atom stereocenters. The first-order valence-corrected chi connectivity index (χ1v) is 6.49. The lowest BCUT2D eigenvalue weighted by Gasteiger charge is -2.12. The van der Waals surface area contributed by atoms with Gasteiger partial charge in [-0.25, -0.2) is 0 Å². The lowest BCUT2D eigenvalue weighted by Crippen LogP contribution is -2.24. The third-order valence-electron chi connectivity index (χ3n) is 2.71. The van der Waals surface area contributed by atoms with E-state index in [1.807, 2.05) is 14.1 Å². The van der Waals surface area contributed by atoms with Gasteiger partial charge in [0.15, 0.2) is 5.78 Å². The Morgan fingerprint density at radius 1 is 1.22 bits per heavy atom. The molecule has 0 N–H and O–H groups in total. The maximum Gasteiger partial charge on any atom is 0.316 e. The van der Waals surface area contributed by atoms with E-state index in [0.29, 0.717) is 6.42 Å². The van der Waals surface area contributed by atoms with Crippen LogP contribution in [0.2, 0.25) is 0 Å². The van der Waals surface area contributed by atoms with Gasteiger partial charge in [-0.15, -0.1) is 0 Å². The zero-order valence-corrected chi connectivity index (χ0v) is 11.9. The number of ether oxygens (including phenoxy) is 1. The lowest BCUT2D eigenvalue weighted by atomic mass is 9.96. The second-order valence-corrected chi connectivity index (χ2v) is 4.61. The molecule has 0 heterocycles. The van der Waals surface area contributed by atoms with E-state index >= 15 is 0 Å². The van der Waals surface area contributed by atoms with Crippen LogP contribution in [0.15, 0.2) is 12.3 Å². The average molecular weight is 255 g/mol. The van der Waals surface area contributed by atoms with Crippen LogP contribution in [0.1, 0.15) is 39.0 Å². The zero-order valence-electron chi connectivity index (χ0n) is 11.9.